The Labute approximate surface area is 207 Å². The van der Waals surface area contributed by atoms with Crippen LogP contribution >= 0.6 is 15.6 Å². The number of aromatic amines is 1. The van der Waals surface area contributed by atoms with E-state index in [2.05, 4.69) is 33.2 Å². The summed E-state index contributed by atoms with van der Waals surface area (Å²) in [6.07, 6.45) is 0.167. The molecule has 1 aliphatic rings. The van der Waals surface area contributed by atoms with Gasteiger partial charge in [-0.3, -0.25) is 23.4 Å². The van der Waals surface area contributed by atoms with Gasteiger partial charge in [0.2, 0.25) is 0 Å². The summed E-state index contributed by atoms with van der Waals surface area (Å²) in [5, 5.41) is 3.55. The van der Waals surface area contributed by atoms with Crippen molar-refractivity contribution >= 4 is 15.6 Å². The number of nitrogens with zero attached hydrogens (tertiary/aromatic N) is 4. The second kappa shape index (κ2) is 13.1. The van der Waals surface area contributed by atoms with Crippen molar-refractivity contribution in [2.24, 2.45) is 11.0 Å². The summed E-state index contributed by atoms with van der Waals surface area (Å²) in [6, 6.07) is -0.916. The first-order valence-corrected chi connectivity index (χ1v) is 14.2. The van der Waals surface area contributed by atoms with Crippen LogP contribution in [0.25, 0.3) is 10.4 Å². The smallest absolute Gasteiger partial charge is 0.352 e. The van der Waals surface area contributed by atoms with Crippen LogP contribution in [0, 0.1) is 12.8 Å². The quantitative estimate of drug-likeness (QED) is 0.108. The summed E-state index contributed by atoms with van der Waals surface area (Å²) in [4.78, 5) is 49.3. The normalized spacial score (nSPS) is 24.9. The van der Waals surface area contributed by atoms with E-state index in [0.29, 0.717) is 12.5 Å². The van der Waals surface area contributed by atoms with Crippen molar-refractivity contribution in [1.29, 1.82) is 0 Å². The summed E-state index contributed by atoms with van der Waals surface area (Å²) in [5.74, 6) is 0.451. The molecule has 204 valence electrons. The largest absolute Gasteiger partial charge is 0.481 e. The molecule has 1 fully saturated rings. The van der Waals surface area contributed by atoms with Gasteiger partial charge < -0.3 is 19.4 Å². The van der Waals surface area contributed by atoms with Gasteiger partial charge in [0, 0.05) is 29.0 Å². The van der Waals surface area contributed by atoms with E-state index < -0.39 is 51.9 Å². The van der Waals surface area contributed by atoms with Crippen LogP contribution in [0.1, 0.15) is 38.5 Å². The number of nitrogens with one attached hydrogen (secondary N) is 2. The summed E-state index contributed by atoms with van der Waals surface area (Å²) in [5.41, 5.74) is 7.73. The van der Waals surface area contributed by atoms with Crippen LogP contribution in [0.3, 0.4) is 0 Å². The lowest BCUT2D eigenvalue weighted by Crippen LogP contribution is -3.10. The number of H-pyrrole nitrogens is 1. The van der Waals surface area contributed by atoms with E-state index >= 15 is 0 Å². The van der Waals surface area contributed by atoms with Crippen LogP contribution in [-0.4, -0.2) is 64.8 Å². The summed E-state index contributed by atoms with van der Waals surface area (Å²) < 4.78 is 45.0. The molecule has 16 nitrogen and oxygen atoms in total. The van der Waals surface area contributed by atoms with Crippen molar-refractivity contribution < 1.29 is 41.9 Å². The Kier molecular flexibility index (Phi) is 11.1. The topological polar surface area (TPSA) is 220 Å². The third-order valence-corrected chi connectivity index (χ3v) is 8.28. The number of phosphoric acid groups is 2. The van der Waals surface area contributed by atoms with E-state index in [1.165, 1.54) is 13.1 Å². The van der Waals surface area contributed by atoms with Gasteiger partial charge in [-0.2, -0.15) is 4.31 Å². The Morgan fingerprint density at radius 3 is 2.67 bits per heavy atom. The molecule has 1 saturated heterocycles. The number of likely N-dealkylation sites (N-methyl/N-ethyl adjacent to an activating group) is 1. The Morgan fingerprint density at radius 1 is 1.36 bits per heavy atom. The minimum atomic E-state index is -5.09. The van der Waals surface area contributed by atoms with E-state index in [4.69, 9.17) is 19.3 Å². The molecular formula is C18H33N6O10P2+. The Bertz CT molecular complexity index is 1150. The third kappa shape index (κ3) is 9.24. The van der Waals surface area contributed by atoms with Gasteiger partial charge in [-0.05, 0) is 18.9 Å². The van der Waals surface area contributed by atoms with Gasteiger partial charge in [0.15, 0.2) is 0 Å². The first-order chi connectivity index (χ1) is 16.8. The predicted octanol–water partition coefficient (Wildman–Crippen LogP) is 0.623. The highest BCUT2D eigenvalue weighted by Gasteiger charge is 2.40. The van der Waals surface area contributed by atoms with Crippen molar-refractivity contribution in [3.8, 4) is 0 Å². The van der Waals surface area contributed by atoms with Crippen molar-refractivity contribution in [2.45, 2.75) is 52.0 Å². The molecule has 7 unspecified atom stereocenters. The van der Waals surface area contributed by atoms with Crippen LogP contribution < -0.4 is 16.1 Å². The Balaban J connectivity index is 1.96. The van der Waals surface area contributed by atoms with E-state index in [1.54, 1.807) is 0 Å². The highest BCUT2D eigenvalue weighted by atomic mass is 31.3. The van der Waals surface area contributed by atoms with Crippen molar-refractivity contribution in [3.63, 3.8) is 0 Å². The Hall–Kier alpha value is -1.83. The number of hydrogen-bond donors (Lipinski definition) is 4. The molecule has 2 rings (SSSR count). The molecular weight excluding hydrogens is 522 g/mol. The average molecular weight is 555 g/mol. The van der Waals surface area contributed by atoms with Gasteiger partial charge in [-0.15, -0.1) is 0 Å². The van der Waals surface area contributed by atoms with Crippen LogP contribution in [-0.2, 0) is 27.2 Å². The van der Waals surface area contributed by atoms with Crippen LogP contribution in [0.2, 0.25) is 0 Å². The van der Waals surface area contributed by atoms with Crippen LogP contribution in [0.5, 0.6) is 0 Å². The molecule has 18 heteroatoms. The molecule has 0 radical (unpaired) electrons. The lowest BCUT2D eigenvalue weighted by molar-refractivity contribution is -0.883. The fourth-order valence-electron chi connectivity index (χ4n) is 3.55. The maximum atomic E-state index is 12.3. The number of hydrogen-bond acceptors (Lipinski definition) is 9. The highest BCUT2D eigenvalue weighted by molar-refractivity contribution is 7.61. The zero-order chi connectivity index (χ0) is 27.1. The van der Waals surface area contributed by atoms with Gasteiger partial charge in [-0.25, -0.2) is 13.9 Å². The van der Waals surface area contributed by atoms with Gasteiger partial charge in [0.25, 0.3) is 5.56 Å². The van der Waals surface area contributed by atoms with E-state index in [0.717, 1.165) is 22.4 Å². The van der Waals surface area contributed by atoms with Gasteiger partial charge in [0.05, 0.1) is 32.3 Å². The fourth-order valence-corrected chi connectivity index (χ4v) is 5.62. The monoisotopic (exact) mass is 555 g/mol. The molecule has 2 heterocycles. The molecule has 1 aromatic heterocycles. The maximum Gasteiger partial charge on any atom is 0.481 e. The third-order valence-electron chi connectivity index (χ3n) is 5.65. The lowest BCUT2D eigenvalue weighted by atomic mass is 10.1. The number of phosphoric ester groups is 2. The fraction of sp³-hybridized carbons (Fsp3) is 0.778. The molecule has 1 aromatic rings. The molecule has 0 saturated carbocycles. The molecule has 0 spiro atoms. The SMILES string of the molecule is CCC(C)C[NH+](C)CCOP(=O)(O)OP(=O)(O)OCC1OC(n2cc(C)c(=O)[nH]c2=O)CC1N=[N+]=[N-]. The van der Waals surface area contributed by atoms with Crippen LogP contribution in [0.15, 0.2) is 20.9 Å². The molecule has 36 heavy (non-hydrogen) atoms. The highest BCUT2D eigenvalue weighted by Crippen LogP contribution is 2.60. The number of azide groups is 1. The van der Waals surface area contributed by atoms with Gasteiger partial charge in [0.1, 0.15) is 19.4 Å². The lowest BCUT2D eigenvalue weighted by Gasteiger charge is -2.21. The minimum Gasteiger partial charge on any atom is -0.352 e. The van der Waals surface area contributed by atoms with E-state index in [-0.39, 0.29) is 18.6 Å². The molecule has 4 N–H and O–H groups in total. The first kappa shape index (κ1) is 30.4. The van der Waals surface area contributed by atoms with Crippen molar-refractivity contribution in [2.75, 3.05) is 33.4 Å². The zero-order valence-electron chi connectivity index (χ0n) is 20.5. The second-order valence-corrected chi connectivity index (χ2v) is 11.7. The second-order valence-electron chi connectivity index (χ2n) is 8.69. The number of quaternary nitrogens is 1. The zero-order valence-corrected chi connectivity index (χ0v) is 22.3. The molecule has 1 aliphatic heterocycles. The minimum absolute atomic E-state index is 0.00579. The Morgan fingerprint density at radius 2 is 2.03 bits per heavy atom. The number of aromatic nitrogens is 2. The number of aryl methyl sites for hydroxylation is 1. The van der Waals surface area contributed by atoms with E-state index in [9.17, 15) is 28.5 Å². The summed E-state index contributed by atoms with van der Waals surface area (Å²) >= 11 is 0. The van der Waals surface area contributed by atoms with Gasteiger partial charge in [-0.1, -0.05) is 19.0 Å². The first-order valence-electron chi connectivity index (χ1n) is 11.3. The number of rotatable bonds is 14. The van der Waals surface area contributed by atoms with Crippen molar-refractivity contribution in [3.05, 3.63) is 43.0 Å². The molecule has 0 amide bonds. The summed E-state index contributed by atoms with van der Waals surface area (Å²) in [7, 11) is -8.14. The maximum absolute atomic E-state index is 12.3. The predicted molar refractivity (Wildman–Crippen MR) is 126 cm³/mol. The molecule has 7 atom stereocenters. The molecule has 0 aromatic carbocycles. The van der Waals surface area contributed by atoms with E-state index in [1.807, 2.05) is 7.05 Å². The van der Waals surface area contributed by atoms with Crippen LogP contribution in [0.4, 0.5) is 0 Å². The number of ether oxygens (including phenoxy) is 1. The molecule has 0 aliphatic carbocycles. The molecule has 0 bridgehead atoms. The van der Waals surface area contributed by atoms with Crippen molar-refractivity contribution in [1.82, 2.24) is 9.55 Å². The van der Waals surface area contributed by atoms with Gasteiger partial charge >= 0.3 is 21.3 Å². The summed E-state index contributed by atoms with van der Waals surface area (Å²) in [6.45, 7) is 5.92. The standard InChI is InChI=1S/C18H32N6O10P2/c1-5-12(2)9-23(4)6-7-31-35(27,28)34-36(29,30)32-11-15-14(21-22-19)8-16(33-15)24-10-13(3)17(25)20-18(24)26/h10,12,14-16H,5-9,11H2,1-4H3,(H,27,28)(H,29,30)(H,20,25,26)/p+1. The average Bonchev–Trinajstić information content (AvgIpc) is 3.16.